The van der Waals surface area contributed by atoms with E-state index in [2.05, 4.69) is 22.9 Å². The van der Waals surface area contributed by atoms with Crippen LogP contribution in [-0.2, 0) is 4.74 Å². The van der Waals surface area contributed by atoms with E-state index in [1.165, 1.54) is 6.40 Å². The van der Waals surface area contributed by atoms with Crippen molar-refractivity contribution in [2.24, 2.45) is 4.99 Å². The first-order chi connectivity index (χ1) is 7.79. The summed E-state index contributed by atoms with van der Waals surface area (Å²) in [4.78, 5) is 6.50. The Balaban J connectivity index is 2.06. The van der Waals surface area contributed by atoms with Crippen LogP contribution in [0.25, 0.3) is 0 Å². The summed E-state index contributed by atoms with van der Waals surface area (Å²) >= 11 is 5.98. The third-order valence-electron chi connectivity index (χ3n) is 2.62. The maximum atomic E-state index is 5.98. The molecule has 16 heavy (non-hydrogen) atoms. The molecule has 0 amide bonds. The lowest BCUT2D eigenvalue weighted by atomic mass is 10.2. The number of ether oxygens (including phenoxy) is 1. The molecule has 1 unspecified atom stereocenters. The van der Waals surface area contributed by atoms with E-state index >= 15 is 0 Å². The van der Waals surface area contributed by atoms with E-state index in [-0.39, 0.29) is 6.04 Å². The molecule has 3 nitrogen and oxygen atoms in total. The van der Waals surface area contributed by atoms with Gasteiger partial charge in [0, 0.05) is 23.8 Å². The lowest BCUT2D eigenvalue weighted by Gasteiger charge is -2.24. The lowest BCUT2D eigenvalue weighted by Crippen LogP contribution is -2.32. The minimum absolute atomic E-state index is 0.235. The van der Waals surface area contributed by atoms with Gasteiger partial charge in [0.1, 0.15) is 12.6 Å². The molecule has 1 atom stereocenters. The van der Waals surface area contributed by atoms with E-state index in [0.717, 1.165) is 23.8 Å². The van der Waals surface area contributed by atoms with Crippen LogP contribution in [0, 0.1) is 0 Å². The molecule has 1 aliphatic rings. The molecule has 4 heteroatoms. The van der Waals surface area contributed by atoms with Crippen molar-refractivity contribution in [2.75, 3.05) is 24.6 Å². The molecule has 0 aromatic heterocycles. The molecule has 0 saturated heterocycles. The molecule has 1 aromatic rings. The van der Waals surface area contributed by atoms with Gasteiger partial charge in [-0.3, -0.25) is 0 Å². The van der Waals surface area contributed by atoms with E-state index in [9.17, 15) is 0 Å². The Morgan fingerprint density at radius 2 is 2.44 bits per heavy atom. The fourth-order valence-electron chi connectivity index (χ4n) is 1.77. The number of anilines is 1. The zero-order valence-electron chi connectivity index (χ0n) is 9.27. The minimum atomic E-state index is 0.235. The summed E-state index contributed by atoms with van der Waals surface area (Å²) in [5, 5.41) is 0.766. The summed E-state index contributed by atoms with van der Waals surface area (Å²) in [7, 11) is 0. The predicted molar refractivity (Wildman–Crippen MR) is 67.6 cm³/mol. The van der Waals surface area contributed by atoms with E-state index in [1.54, 1.807) is 0 Å². The first kappa shape index (κ1) is 11.3. The highest BCUT2D eigenvalue weighted by Gasteiger charge is 2.16. The van der Waals surface area contributed by atoms with Crippen molar-refractivity contribution >= 4 is 23.7 Å². The Bertz CT molecular complexity index is 381. The number of halogens is 1. The van der Waals surface area contributed by atoms with Crippen LogP contribution in [0.1, 0.15) is 6.92 Å². The topological polar surface area (TPSA) is 24.8 Å². The van der Waals surface area contributed by atoms with Crippen LogP contribution < -0.4 is 4.90 Å². The van der Waals surface area contributed by atoms with Crippen molar-refractivity contribution in [3.63, 3.8) is 0 Å². The average molecular weight is 239 g/mol. The van der Waals surface area contributed by atoms with Gasteiger partial charge in [-0.05, 0) is 25.1 Å². The monoisotopic (exact) mass is 238 g/mol. The smallest absolute Gasteiger partial charge is 0.169 e. The van der Waals surface area contributed by atoms with Gasteiger partial charge in [-0.2, -0.15) is 0 Å². The second kappa shape index (κ2) is 5.21. The van der Waals surface area contributed by atoms with E-state index < -0.39 is 0 Å². The van der Waals surface area contributed by atoms with Crippen LogP contribution in [-0.4, -0.2) is 32.1 Å². The third-order valence-corrected chi connectivity index (χ3v) is 2.86. The molecule has 0 aliphatic carbocycles. The second-order valence-electron chi connectivity index (χ2n) is 3.76. The standard InChI is InChI=1S/C12H15ClN2O/c1-2-15(7-11-8-16-9-14-11)12-5-3-4-10(13)6-12/h3-6,9,11H,2,7-8H2,1H3. The summed E-state index contributed by atoms with van der Waals surface area (Å²) in [6.07, 6.45) is 1.54. The average Bonchev–Trinajstić information content (AvgIpc) is 2.78. The number of rotatable bonds is 4. The van der Waals surface area contributed by atoms with Gasteiger partial charge in [0.05, 0.1) is 0 Å². The van der Waals surface area contributed by atoms with E-state index in [1.807, 2.05) is 18.2 Å². The highest BCUT2D eigenvalue weighted by atomic mass is 35.5. The van der Waals surface area contributed by atoms with Gasteiger partial charge in [0.15, 0.2) is 6.40 Å². The molecular formula is C12H15ClN2O. The number of aliphatic imine (C=N–C) groups is 1. The molecule has 1 aromatic carbocycles. The Kier molecular flexibility index (Phi) is 3.67. The minimum Gasteiger partial charge on any atom is -0.481 e. The van der Waals surface area contributed by atoms with Crippen LogP contribution in [0.15, 0.2) is 29.3 Å². The van der Waals surface area contributed by atoms with Crippen molar-refractivity contribution in [1.82, 2.24) is 0 Å². The Morgan fingerprint density at radius 1 is 1.56 bits per heavy atom. The van der Waals surface area contributed by atoms with Crippen LogP contribution >= 0.6 is 11.6 Å². The Labute approximate surface area is 101 Å². The molecular weight excluding hydrogens is 224 g/mol. The van der Waals surface area contributed by atoms with Crippen molar-refractivity contribution in [3.8, 4) is 0 Å². The van der Waals surface area contributed by atoms with E-state index in [4.69, 9.17) is 16.3 Å². The maximum absolute atomic E-state index is 5.98. The molecule has 0 saturated carbocycles. The highest BCUT2D eigenvalue weighted by molar-refractivity contribution is 6.30. The van der Waals surface area contributed by atoms with Crippen molar-refractivity contribution in [2.45, 2.75) is 13.0 Å². The molecule has 1 heterocycles. The quantitative estimate of drug-likeness (QED) is 0.806. The van der Waals surface area contributed by atoms with E-state index in [0.29, 0.717) is 6.61 Å². The van der Waals surface area contributed by atoms with Gasteiger partial charge in [0.25, 0.3) is 0 Å². The SMILES string of the molecule is CCN(CC1COC=N1)c1cccc(Cl)c1. The van der Waals surface area contributed by atoms with Gasteiger partial charge < -0.3 is 9.64 Å². The first-order valence-electron chi connectivity index (χ1n) is 5.43. The van der Waals surface area contributed by atoms with Crippen LogP contribution in [0.5, 0.6) is 0 Å². The summed E-state index contributed by atoms with van der Waals surface area (Å²) in [6.45, 7) is 4.61. The van der Waals surface area contributed by atoms with Gasteiger partial charge in [0.2, 0.25) is 0 Å². The largest absolute Gasteiger partial charge is 0.481 e. The highest BCUT2D eigenvalue weighted by Crippen LogP contribution is 2.20. The maximum Gasteiger partial charge on any atom is 0.169 e. The molecule has 1 aliphatic heterocycles. The molecule has 2 rings (SSSR count). The third kappa shape index (κ3) is 2.67. The normalized spacial score (nSPS) is 18.5. The zero-order chi connectivity index (χ0) is 11.4. The first-order valence-corrected chi connectivity index (χ1v) is 5.81. The number of hydrogen-bond acceptors (Lipinski definition) is 3. The Hall–Kier alpha value is -1.22. The van der Waals surface area contributed by atoms with Crippen LogP contribution in [0.4, 0.5) is 5.69 Å². The number of benzene rings is 1. The molecule has 0 bridgehead atoms. The summed E-state index contributed by atoms with van der Waals surface area (Å²) in [5.74, 6) is 0. The number of nitrogens with zero attached hydrogens (tertiary/aromatic N) is 2. The fraction of sp³-hybridized carbons (Fsp3) is 0.417. The lowest BCUT2D eigenvalue weighted by molar-refractivity contribution is 0.328. The van der Waals surface area contributed by atoms with Gasteiger partial charge >= 0.3 is 0 Å². The Morgan fingerprint density at radius 3 is 3.06 bits per heavy atom. The predicted octanol–water partition coefficient (Wildman–Crippen LogP) is 2.59. The summed E-state index contributed by atoms with van der Waals surface area (Å²) in [6, 6.07) is 8.13. The summed E-state index contributed by atoms with van der Waals surface area (Å²) in [5.41, 5.74) is 1.14. The molecule has 86 valence electrons. The van der Waals surface area contributed by atoms with Crippen LogP contribution in [0.3, 0.4) is 0 Å². The van der Waals surface area contributed by atoms with Crippen LogP contribution in [0.2, 0.25) is 5.02 Å². The van der Waals surface area contributed by atoms with Gasteiger partial charge in [-0.25, -0.2) is 4.99 Å². The van der Waals surface area contributed by atoms with Gasteiger partial charge in [-0.1, -0.05) is 17.7 Å². The summed E-state index contributed by atoms with van der Waals surface area (Å²) < 4.78 is 5.12. The number of hydrogen-bond donors (Lipinski definition) is 0. The van der Waals surface area contributed by atoms with Crippen molar-refractivity contribution in [3.05, 3.63) is 29.3 Å². The van der Waals surface area contributed by atoms with Crippen molar-refractivity contribution < 1.29 is 4.74 Å². The molecule has 0 spiro atoms. The molecule has 0 N–H and O–H groups in total. The molecule has 0 radical (unpaired) electrons. The second-order valence-corrected chi connectivity index (χ2v) is 4.20. The zero-order valence-corrected chi connectivity index (χ0v) is 10.0. The van der Waals surface area contributed by atoms with Crippen molar-refractivity contribution in [1.29, 1.82) is 0 Å². The fourth-order valence-corrected chi connectivity index (χ4v) is 1.95. The molecule has 0 fully saturated rings. The number of likely N-dealkylation sites (N-methyl/N-ethyl adjacent to an activating group) is 1. The van der Waals surface area contributed by atoms with Gasteiger partial charge in [-0.15, -0.1) is 0 Å².